The van der Waals surface area contributed by atoms with Crippen LogP contribution in [0.15, 0.2) is 0 Å². The second kappa shape index (κ2) is 8.51. The highest BCUT2D eigenvalue weighted by Crippen LogP contribution is 2.17. The number of hydrogen-bond donors (Lipinski definition) is 1. The predicted molar refractivity (Wildman–Crippen MR) is 72.0 cm³/mol. The monoisotopic (exact) mass is 240 g/mol. The van der Waals surface area contributed by atoms with Crippen LogP contribution in [-0.2, 0) is 4.79 Å². The molecule has 3 heteroatoms. The molecular weight excluding hydrogens is 212 g/mol. The fourth-order valence-corrected chi connectivity index (χ4v) is 2.55. The van der Waals surface area contributed by atoms with Crippen molar-refractivity contribution in [2.75, 3.05) is 26.2 Å². The summed E-state index contributed by atoms with van der Waals surface area (Å²) in [5, 5.41) is 2.95. The molecule has 0 aromatic heterocycles. The minimum atomic E-state index is 0.231. The Labute approximate surface area is 106 Å². The molecule has 1 heterocycles. The number of amides is 1. The maximum Gasteiger partial charge on any atom is 0.224 e. The van der Waals surface area contributed by atoms with Gasteiger partial charge in [-0.3, -0.25) is 4.79 Å². The van der Waals surface area contributed by atoms with E-state index < -0.39 is 0 Å². The second-order valence-corrected chi connectivity index (χ2v) is 5.10. The zero-order valence-electron chi connectivity index (χ0n) is 11.5. The van der Waals surface area contributed by atoms with E-state index in [9.17, 15) is 4.79 Å². The molecule has 17 heavy (non-hydrogen) atoms. The van der Waals surface area contributed by atoms with Crippen LogP contribution in [-0.4, -0.2) is 37.0 Å². The molecule has 0 aromatic rings. The van der Waals surface area contributed by atoms with Crippen molar-refractivity contribution in [3.05, 3.63) is 0 Å². The van der Waals surface area contributed by atoms with Crippen LogP contribution in [0, 0.1) is 5.92 Å². The van der Waals surface area contributed by atoms with Crippen molar-refractivity contribution in [2.45, 2.75) is 52.4 Å². The molecule has 1 fully saturated rings. The van der Waals surface area contributed by atoms with Crippen molar-refractivity contribution in [2.24, 2.45) is 5.92 Å². The van der Waals surface area contributed by atoms with Crippen LogP contribution in [0.3, 0.4) is 0 Å². The van der Waals surface area contributed by atoms with Gasteiger partial charge in [-0.2, -0.15) is 0 Å². The Kier molecular flexibility index (Phi) is 7.25. The molecule has 1 rings (SSSR count). The number of hydrogen-bond acceptors (Lipinski definition) is 2. The molecule has 1 N–H and O–H groups in total. The normalized spacial score (nSPS) is 21.4. The third-order valence-corrected chi connectivity index (χ3v) is 3.56. The van der Waals surface area contributed by atoms with Crippen molar-refractivity contribution in [1.29, 1.82) is 0 Å². The van der Waals surface area contributed by atoms with Crippen LogP contribution < -0.4 is 5.32 Å². The smallest absolute Gasteiger partial charge is 0.224 e. The Balaban J connectivity index is 2.21. The van der Waals surface area contributed by atoms with E-state index in [2.05, 4.69) is 17.1 Å². The number of nitrogens with one attached hydrogen (secondary N) is 1. The Bertz CT molecular complexity index is 218. The SMILES string of the molecule is CCCCCCN1CCCC(C(=O)NCC)C1. The fraction of sp³-hybridized carbons (Fsp3) is 0.929. The minimum absolute atomic E-state index is 0.231. The summed E-state index contributed by atoms with van der Waals surface area (Å²) in [5.41, 5.74) is 0. The van der Waals surface area contributed by atoms with Crippen LogP contribution in [0.2, 0.25) is 0 Å². The van der Waals surface area contributed by atoms with E-state index in [4.69, 9.17) is 0 Å². The lowest BCUT2D eigenvalue weighted by Crippen LogP contribution is -2.43. The van der Waals surface area contributed by atoms with Gasteiger partial charge in [0, 0.05) is 13.1 Å². The first-order valence-corrected chi connectivity index (χ1v) is 7.28. The summed E-state index contributed by atoms with van der Waals surface area (Å²) in [5.74, 6) is 0.487. The summed E-state index contributed by atoms with van der Waals surface area (Å²) in [6.07, 6.45) is 7.50. The van der Waals surface area contributed by atoms with Crippen molar-refractivity contribution >= 4 is 5.91 Å². The van der Waals surface area contributed by atoms with Crippen LogP contribution in [0.5, 0.6) is 0 Å². The molecule has 1 atom stereocenters. The Hall–Kier alpha value is -0.570. The molecule has 0 radical (unpaired) electrons. The van der Waals surface area contributed by atoms with Gasteiger partial charge in [-0.1, -0.05) is 26.2 Å². The lowest BCUT2D eigenvalue weighted by Gasteiger charge is -2.31. The molecule has 1 aliphatic heterocycles. The molecule has 0 saturated carbocycles. The maximum absolute atomic E-state index is 11.8. The molecule has 100 valence electrons. The van der Waals surface area contributed by atoms with Gasteiger partial charge in [0.1, 0.15) is 0 Å². The second-order valence-electron chi connectivity index (χ2n) is 5.10. The molecule has 3 nitrogen and oxygen atoms in total. The Morgan fingerprint density at radius 1 is 1.29 bits per heavy atom. The summed E-state index contributed by atoms with van der Waals surface area (Å²) in [7, 11) is 0. The van der Waals surface area contributed by atoms with E-state index in [1.807, 2.05) is 6.92 Å². The van der Waals surface area contributed by atoms with Gasteiger partial charge in [0.2, 0.25) is 5.91 Å². The molecular formula is C14H28N2O. The van der Waals surface area contributed by atoms with E-state index in [1.54, 1.807) is 0 Å². The summed E-state index contributed by atoms with van der Waals surface area (Å²) >= 11 is 0. The van der Waals surface area contributed by atoms with Crippen LogP contribution in [0.25, 0.3) is 0 Å². The number of likely N-dealkylation sites (tertiary alicyclic amines) is 1. The van der Waals surface area contributed by atoms with Crippen LogP contribution in [0.1, 0.15) is 52.4 Å². The molecule has 0 spiro atoms. The number of carbonyl (C=O) groups excluding carboxylic acids is 1. The van der Waals surface area contributed by atoms with E-state index in [0.717, 1.165) is 19.5 Å². The van der Waals surface area contributed by atoms with Gasteiger partial charge in [-0.25, -0.2) is 0 Å². The van der Waals surface area contributed by atoms with E-state index in [1.165, 1.54) is 45.2 Å². The van der Waals surface area contributed by atoms with Gasteiger partial charge < -0.3 is 10.2 Å². The quantitative estimate of drug-likeness (QED) is 0.693. The molecule has 0 aromatic carbocycles. The standard InChI is InChI=1S/C14H28N2O/c1-3-5-6-7-10-16-11-8-9-13(12-16)14(17)15-4-2/h13H,3-12H2,1-2H3,(H,15,17). The first-order valence-electron chi connectivity index (χ1n) is 7.28. The minimum Gasteiger partial charge on any atom is -0.356 e. The molecule has 1 amide bonds. The highest BCUT2D eigenvalue weighted by molar-refractivity contribution is 5.78. The van der Waals surface area contributed by atoms with E-state index in [-0.39, 0.29) is 11.8 Å². The first kappa shape index (κ1) is 14.5. The Morgan fingerprint density at radius 3 is 2.82 bits per heavy atom. The maximum atomic E-state index is 11.8. The zero-order chi connectivity index (χ0) is 12.5. The lowest BCUT2D eigenvalue weighted by molar-refractivity contribution is -0.126. The van der Waals surface area contributed by atoms with E-state index in [0.29, 0.717) is 0 Å². The molecule has 1 aliphatic rings. The van der Waals surface area contributed by atoms with Crippen molar-refractivity contribution < 1.29 is 4.79 Å². The number of piperidine rings is 1. The van der Waals surface area contributed by atoms with Crippen LogP contribution >= 0.6 is 0 Å². The highest BCUT2D eigenvalue weighted by Gasteiger charge is 2.24. The number of carbonyl (C=O) groups is 1. The summed E-state index contributed by atoms with van der Waals surface area (Å²) < 4.78 is 0. The third kappa shape index (κ3) is 5.53. The van der Waals surface area contributed by atoms with Gasteiger partial charge in [0.15, 0.2) is 0 Å². The first-order chi connectivity index (χ1) is 8.27. The molecule has 0 aliphatic carbocycles. The number of rotatable bonds is 7. The molecule has 1 unspecified atom stereocenters. The fourth-order valence-electron chi connectivity index (χ4n) is 2.55. The lowest BCUT2D eigenvalue weighted by atomic mass is 9.97. The van der Waals surface area contributed by atoms with Gasteiger partial charge in [-0.15, -0.1) is 0 Å². The Morgan fingerprint density at radius 2 is 2.12 bits per heavy atom. The predicted octanol–water partition coefficient (Wildman–Crippen LogP) is 2.41. The average Bonchev–Trinajstić information content (AvgIpc) is 2.35. The van der Waals surface area contributed by atoms with Gasteiger partial charge in [0.05, 0.1) is 5.92 Å². The number of unbranched alkanes of at least 4 members (excludes halogenated alkanes) is 3. The zero-order valence-corrected chi connectivity index (χ0v) is 11.5. The van der Waals surface area contributed by atoms with Gasteiger partial charge in [0.25, 0.3) is 0 Å². The van der Waals surface area contributed by atoms with Crippen molar-refractivity contribution in [3.63, 3.8) is 0 Å². The van der Waals surface area contributed by atoms with Crippen LogP contribution in [0.4, 0.5) is 0 Å². The van der Waals surface area contributed by atoms with Gasteiger partial charge in [-0.05, 0) is 39.3 Å². The van der Waals surface area contributed by atoms with E-state index >= 15 is 0 Å². The summed E-state index contributed by atoms with van der Waals surface area (Å²) in [4.78, 5) is 14.3. The van der Waals surface area contributed by atoms with Gasteiger partial charge >= 0.3 is 0 Å². The van der Waals surface area contributed by atoms with Crippen molar-refractivity contribution in [1.82, 2.24) is 10.2 Å². The largest absolute Gasteiger partial charge is 0.356 e. The summed E-state index contributed by atoms with van der Waals surface area (Å²) in [6.45, 7) is 8.32. The van der Waals surface area contributed by atoms with Crippen molar-refractivity contribution in [3.8, 4) is 0 Å². The topological polar surface area (TPSA) is 32.3 Å². The highest BCUT2D eigenvalue weighted by atomic mass is 16.1. The number of nitrogens with zero attached hydrogens (tertiary/aromatic N) is 1. The summed E-state index contributed by atoms with van der Waals surface area (Å²) in [6, 6.07) is 0. The average molecular weight is 240 g/mol. The molecule has 0 bridgehead atoms. The molecule has 1 saturated heterocycles. The third-order valence-electron chi connectivity index (χ3n) is 3.56.